The van der Waals surface area contributed by atoms with Crippen LogP contribution >= 0.6 is 0 Å². The molecule has 2 atom stereocenters. The zero-order valence-electron chi connectivity index (χ0n) is 13.0. The van der Waals surface area contributed by atoms with E-state index >= 15 is 0 Å². The van der Waals surface area contributed by atoms with Crippen molar-refractivity contribution in [3.8, 4) is 0 Å². The second-order valence-corrected chi connectivity index (χ2v) is 7.25. The molecule has 1 N–H and O–H groups in total. The van der Waals surface area contributed by atoms with E-state index in [1.54, 1.807) is 0 Å². The van der Waals surface area contributed by atoms with Crippen LogP contribution in [-0.4, -0.2) is 37.0 Å². The lowest BCUT2D eigenvalue weighted by molar-refractivity contribution is -0.129. The molecule has 1 fully saturated rings. The molecule has 3 nitrogen and oxygen atoms in total. The fraction of sp³-hybridized carbons (Fsp3) is 0.933. The molecule has 3 heteroatoms. The summed E-state index contributed by atoms with van der Waals surface area (Å²) in [5, 5.41) is 3.15. The Hall–Kier alpha value is -0.570. The summed E-state index contributed by atoms with van der Waals surface area (Å²) < 4.78 is 0. The van der Waals surface area contributed by atoms with Gasteiger partial charge in [0.25, 0.3) is 0 Å². The van der Waals surface area contributed by atoms with Gasteiger partial charge in [-0.25, -0.2) is 0 Å². The Morgan fingerprint density at radius 1 is 1.39 bits per heavy atom. The van der Waals surface area contributed by atoms with Crippen LogP contribution in [0.2, 0.25) is 0 Å². The van der Waals surface area contributed by atoms with Crippen LogP contribution in [0.25, 0.3) is 0 Å². The molecule has 106 valence electrons. The number of nitrogens with one attached hydrogen (secondary N) is 1. The maximum Gasteiger partial charge on any atom is 0.225 e. The van der Waals surface area contributed by atoms with E-state index in [2.05, 4.69) is 31.2 Å². The number of likely N-dealkylation sites (N-methyl/N-ethyl adjacent to an activating group) is 1. The monoisotopic (exact) mass is 254 g/mol. The minimum atomic E-state index is -0.298. The van der Waals surface area contributed by atoms with Crippen molar-refractivity contribution in [3.05, 3.63) is 0 Å². The highest BCUT2D eigenvalue weighted by atomic mass is 16.2. The maximum atomic E-state index is 12.0. The van der Waals surface area contributed by atoms with Crippen molar-refractivity contribution >= 4 is 5.91 Å². The van der Waals surface area contributed by atoms with E-state index in [1.807, 2.05) is 20.8 Å². The third kappa shape index (κ3) is 3.71. The van der Waals surface area contributed by atoms with Gasteiger partial charge in [-0.1, -0.05) is 40.5 Å². The highest BCUT2D eigenvalue weighted by molar-refractivity contribution is 5.81. The molecule has 1 aliphatic rings. The maximum absolute atomic E-state index is 12.0. The molecule has 1 saturated carbocycles. The molecule has 0 bridgehead atoms. The summed E-state index contributed by atoms with van der Waals surface area (Å²) in [5.41, 5.74) is -0.146. The molecule has 1 amide bonds. The first-order valence-electron chi connectivity index (χ1n) is 7.13. The van der Waals surface area contributed by atoms with E-state index in [0.29, 0.717) is 0 Å². The highest BCUT2D eigenvalue weighted by Crippen LogP contribution is 2.35. The summed E-state index contributed by atoms with van der Waals surface area (Å²) in [4.78, 5) is 14.3. The van der Waals surface area contributed by atoms with Crippen molar-refractivity contribution < 1.29 is 4.79 Å². The van der Waals surface area contributed by atoms with Crippen molar-refractivity contribution in [3.63, 3.8) is 0 Å². The van der Waals surface area contributed by atoms with Crippen LogP contribution in [0.4, 0.5) is 0 Å². The van der Waals surface area contributed by atoms with Gasteiger partial charge in [0.2, 0.25) is 5.91 Å². The van der Waals surface area contributed by atoms with Crippen molar-refractivity contribution in [2.45, 2.75) is 58.9 Å². The summed E-state index contributed by atoms with van der Waals surface area (Å²) in [5.74, 6) is 0.912. The van der Waals surface area contributed by atoms with Crippen molar-refractivity contribution in [1.82, 2.24) is 10.2 Å². The molecule has 0 saturated heterocycles. The zero-order valence-corrected chi connectivity index (χ0v) is 13.0. The number of hydrogen-bond acceptors (Lipinski definition) is 2. The minimum Gasteiger partial charge on any atom is -0.354 e. The Bertz CT molecular complexity index is 293. The molecular weight excluding hydrogens is 224 g/mol. The predicted molar refractivity (Wildman–Crippen MR) is 76.5 cm³/mol. The summed E-state index contributed by atoms with van der Waals surface area (Å²) in [6.07, 6.45) is 4.97. The van der Waals surface area contributed by atoms with Gasteiger partial charge in [0.15, 0.2) is 0 Å². The van der Waals surface area contributed by atoms with Crippen LogP contribution in [0.3, 0.4) is 0 Å². The highest BCUT2D eigenvalue weighted by Gasteiger charge is 2.37. The van der Waals surface area contributed by atoms with Crippen LogP contribution < -0.4 is 5.32 Å². The number of carbonyl (C=O) groups is 1. The molecular formula is C15H30N2O. The molecule has 0 radical (unpaired) electrons. The zero-order chi connectivity index (χ0) is 14.0. The van der Waals surface area contributed by atoms with Gasteiger partial charge in [-0.05, 0) is 32.9 Å². The molecule has 1 aliphatic carbocycles. The SMILES string of the molecule is CC1CCCC(CNC(=O)C(C)(C)C)(N(C)C)C1. The Kier molecular flexibility index (Phi) is 4.82. The summed E-state index contributed by atoms with van der Waals surface area (Å²) in [7, 11) is 4.28. The van der Waals surface area contributed by atoms with Gasteiger partial charge in [-0.15, -0.1) is 0 Å². The largest absolute Gasteiger partial charge is 0.354 e. The van der Waals surface area contributed by atoms with Crippen LogP contribution in [0.1, 0.15) is 53.4 Å². The first kappa shape index (κ1) is 15.5. The van der Waals surface area contributed by atoms with Gasteiger partial charge >= 0.3 is 0 Å². The fourth-order valence-corrected chi connectivity index (χ4v) is 2.87. The Morgan fingerprint density at radius 2 is 2.00 bits per heavy atom. The second kappa shape index (κ2) is 5.60. The van der Waals surface area contributed by atoms with Crippen LogP contribution in [0.15, 0.2) is 0 Å². The van der Waals surface area contributed by atoms with Crippen molar-refractivity contribution in [1.29, 1.82) is 0 Å². The van der Waals surface area contributed by atoms with Crippen LogP contribution in [0.5, 0.6) is 0 Å². The van der Waals surface area contributed by atoms with Crippen LogP contribution in [-0.2, 0) is 4.79 Å². The van der Waals surface area contributed by atoms with E-state index in [9.17, 15) is 4.79 Å². The molecule has 0 aliphatic heterocycles. The molecule has 18 heavy (non-hydrogen) atoms. The first-order valence-corrected chi connectivity index (χ1v) is 7.13. The quantitative estimate of drug-likeness (QED) is 0.840. The molecule has 0 aromatic rings. The third-order valence-electron chi connectivity index (χ3n) is 4.28. The summed E-state index contributed by atoms with van der Waals surface area (Å²) in [6.45, 7) is 9.00. The predicted octanol–water partition coefficient (Wildman–Crippen LogP) is 2.66. The Balaban J connectivity index is 2.67. The lowest BCUT2D eigenvalue weighted by Crippen LogP contribution is -2.56. The molecule has 0 aromatic heterocycles. The first-order chi connectivity index (χ1) is 8.17. The van der Waals surface area contributed by atoms with E-state index < -0.39 is 0 Å². The van der Waals surface area contributed by atoms with E-state index in [4.69, 9.17) is 0 Å². The van der Waals surface area contributed by atoms with Gasteiger partial charge in [0, 0.05) is 17.5 Å². The minimum absolute atomic E-state index is 0.151. The third-order valence-corrected chi connectivity index (χ3v) is 4.28. The van der Waals surface area contributed by atoms with Gasteiger partial charge in [0.05, 0.1) is 0 Å². The van der Waals surface area contributed by atoms with E-state index in [0.717, 1.165) is 12.5 Å². The average molecular weight is 254 g/mol. The molecule has 0 aromatic carbocycles. The topological polar surface area (TPSA) is 32.3 Å². The standard InChI is InChI=1S/C15H30N2O/c1-12-8-7-9-15(10-12,17(5)6)11-16-13(18)14(2,3)4/h12H,7-11H2,1-6H3,(H,16,18). The van der Waals surface area contributed by atoms with Gasteiger partial charge in [0.1, 0.15) is 0 Å². The lowest BCUT2D eigenvalue weighted by atomic mass is 9.75. The second-order valence-electron chi connectivity index (χ2n) is 7.25. The number of hydrogen-bond donors (Lipinski definition) is 1. The van der Waals surface area contributed by atoms with E-state index in [1.165, 1.54) is 25.7 Å². The van der Waals surface area contributed by atoms with Crippen molar-refractivity contribution in [2.75, 3.05) is 20.6 Å². The summed E-state index contributed by atoms with van der Waals surface area (Å²) >= 11 is 0. The molecule has 1 rings (SSSR count). The van der Waals surface area contributed by atoms with Gasteiger partial charge in [-0.2, -0.15) is 0 Å². The average Bonchev–Trinajstić information content (AvgIpc) is 2.24. The molecule has 0 heterocycles. The number of carbonyl (C=O) groups excluding carboxylic acids is 1. The van der Waals surface area contributed by atoms with Gasteiger partial charge in [-0.3, -0.25) is 4.79 Å². The Labute approximate surface area is 112 Å². The summed E-state index contributed by atoms with van der Waals surface area (Å²) in [6, 6.07) is 0. The fourth-order valence-electron chi connectivity index (χ4n) is 2.87. The Morgan fingerprint density at radius 3 is 2.44 bits per heavy atom. The molecule has 0 spiro atoms. The number of amides is 1. The number of rotatable bonds is 3. The lowest BCUT2D eigenvalue weighted by Gasteiger charge is -2.45. The smallest absolute Gasteiger partial charge is 0.225 e. The van der Waals surface area contributed by atoms with Gasteiger partial charge < -0.3 is 10.2 Å². The van der Waals surface area contributed by atoms with Crippen LogP contribution in [0, 0.1) is 11.3 Å². The molecule has 2 unspecified atom stereocenters. The van der Waals surface area contributed by atoms with Crippen molar-refractivity contribution in [2.24, 2.45) is 11.3 Å². The normalized spacial score (nSPS) is 29.4. The number of nitrogens with zero attached hydrogens (tertiary/aromatic N) is 1. The van der Waals surface area contributed by atoms with E-state index in [-0.39, 0.29) is 16.9 Å².